The Morgan fingerprint density at radius 2 is 1.81 bits per heavy atom. The van der Waals surface area contributed by atoms with E-state index >= 15 is 0 Å². The first-order valence-corrected chi connectivity index (χ1v) is 8.96. The lowest BCUT2D eigenvalue weighted by molar-refractivity contribution is 0.0699. The third-order valence-electron chi connectivity index (χ3n) is 4.84. The van der Waals surface area contributed by atoms with Gasteiger partial charge < -0.3 is 18.8 Å². The number of para-hydroxylation sites is 1. The van der Waals surface area contributed by atoms with Crippen LogP contribution < -0.4 is 9.47 Å². The summed E-state index contributed by atoms with van der Waals surface area (Å²) in [7, 11) is 0. The van der Waals surface area contributed by atoms with E-state index in [-0.39, 0.29) is 11.9 Å². The summed E-state index contributed by atoms with van der Waals surface area (Å²) in [6.07, 6.45) is 2.08. The van der Waals surface area contributed by atoms with Crippen molar-refractivity contribution >= 4 is 16.9 Å². The second kappa shape index (κ2) is 6.09. The van der Waals surface area contributed by atoms with E-state index in [2.05, 4.69) is 0 Å². The van der Waals surface area contributed by atoms with Crippen LogP contribution in [0.1, 0.15) is 29.0 Å². The first-order chi connectivity index (χ1) is 12.8. The Hall–Kier alpha value is -2.95. The summed E-state index contributed by atoms with van der Waals surface area (Å²) in [6.45, 7) is 1.67. The van der Waals surface area contributed by atoms with Crippen LogP contribution >= 0.6 is 0 Å². The monoisotopic (exact) mass is 349 g/mol. The molecule has 132 valence electrons. The zero-order valence-corrected chi connectivity index (χ0v) is 14.3. The molecule has 0 saturated heterocycles. The van der Waals surface area contributed by atoms with E-state index in [1.54, 1.807) is 0 Å². The Morgan fingerprint density at radius 1 is 1.00 bits per heavy atom. The maximum atomic E-state index is 13.1. The molecule has 1 aliphatic carbocycles. The maximum Gasteiger partial charge on any atom is 0.290 e. The van der Waals surface area contributed by atoms with Crippen molar-refractivity contribution in [3.8, 4) is 11.5 Å². The quantitative estimate of drug-likeness (QED) is 0.714. The molecule has 0 N–H and O–H groups in total. The largest absolute Gasteiger partial charge is 0.486 e. The lowest BCUT2D eigenvalue weighted by Gasteiger charge is -2.23. The minimum absolute atomic E-state index is 0.0569. The minimum atomic E-state index is -0.0569. The average Bonchev–Trinajstić information content (AvgIpc) is 3.43. The summed E-state index contributed by atoms with van der Waals surface area (Å²) in [5, 5.41) is 0.950. The number of rotatable bonds is 4. The Morgan fingerprint density at radius 3 is 2.62 bits per heavy atom. The fraction of sp³-hybridized carbons (Fsp3) is 0.286. The molecule has 0 radical (unpaired) electrons. The van der Waals surface area contributed by atoms with E-state index in [0.717, 1.165) is 40.9 Å². The molecule has 0 spiro atoms. The second-order valence-electron chi connectivity index (χ2n) is 6.79. The predicted octanol–water partition coefficient (Wildman–Crippen LogP) is 4.01. The molecule has 0 atom stereocenters. The van der Waals surface area contributed by atoms with Crippen molar-refractivity contribution in [3.05, 3.63) is 59.9 Å². The van der Waals surface area contributed by atoms with Crippen molar-refractivity contribution in [2.24, 2.45) is 0 Å². The van der Waals surface area contributed by atoms with Crippen LogP contribution in [0.25, 0.3) is 11.0 Å². The molecular formula is C21H19NO4. The van der Waals surface area contributed by atoms with Gasteiger partial charge in [-0.05, 0) is 42.7 Å². The van der Waals surface area contributed by atoms with Gasteiger partial charge in [0.05, 0.1) is 0 Å². The average molecular weight is 349 g/mol. The van der Waals surface area contributed by atoms with E-state index in [9.17, 15) is 4.79 Å². The molecule has 0 unspecified atom stereocenters. The van der Waals surface area contributed by atoms with Crippen LogP contribution in [0.5, 0.6) is 11.5 Å². The molecule has 26 heavy (non-hydrogen) atoms. The number of hydrogen-bond donors (Lipinski definition) is 0. The summed E-state index contributed by atoms with van der Waals surface area (Å²) in [5.74, 6) is 1.86. The van der Waals surface area contributed by atoms with Crippen molar-refractivity contribution in [1.29, 1.82) is 0 Å². The molecule has 5 heteroatoms. The lowest BCUT2D eigenvalue weighted by atomic mass is 10.1. The highest BCUT2D eigenvalue weighted by Crippen LogP contribution is 2.34. The number of carbonyl (C=O) groups excluding carboxylic acids is 1. The first kappa shape index (κ1) is 15.3. The summed E-state index contributed by atoms with van der Waals surface area (Å²) in [4.78, 5) is 15.0. The minimum Gasteiger partial charge on any atom is -0.486 e. The van der Waals surface area contributed by atoms with Crippen LogP contribution in [0.15, 0.2) is 52.9 Å². The van der Waals surface area contributed by atoms with Gasteiger partial charge in [-0.15, -0.1) is 0 Å². The zero-order chi connectivity index (χ0) is 17.5. The highest BCUT2D eigenvalue weighted by Gasteiger charge is 2.34. The smallest absolute Gasteiger partial charge is 0.290 e. The summed E-state index contributed by atoms with van der Waals surface area (Å²) in [5.41, 5.74) is 1.77. The molecule has 3 aromatic rings. The van der Waals surface area contributed by atoms with Gasteiger partial charge in [0.15, 0.2) is 17.3 Å². The number of ether oxygens (including phenoxy) is 2. The van der Waals surface area contributed by atoms with Gasteiger partial charge in [0.1, 0.15) is 18.8 Å². The fourth-order valence-electron chi connectivity index (χ4n) is 3.36. The lowest BCUT2D eigenvalue weighted by Crippen LogP contribution is -2.32. The van der Waals surface area contributed by atoms with Crippen molar-refractivity contribution in [1.82, 2.24) is 4.90 Å². The highest BCUT2D eigenvalue weighted by atomic mass is 16.6. The number of hydrogen-bond acceptors (Lipinski definition) is 4. The second-order valence-corrected chi connectivity index (χ2v) is 6.79. The Balaban J connectivity index is 1.42. The van der Waals surface area contributed by atoms with Gasteiger partial charge in [0.25, 0.3) is 5.91 Å². The number of furan rings is 1. The Bertz CT molecular complexity index is 940. The predicted molar refractivity (Wildman–Crippen MR) is 96.5 cm³/mol. The SMILES string of the molecule is O=C(c1cc2ccccc2o1)N(Cc1ccc2c(c1)OCCO2)C1CC1. The van der Waals surface area contributed by atoms with E-state index < -0.39 is 0 Å². The number of nitrogens with zero attached hydrogens (tertiary/aromatic N) is 1. The molecular weight excluding hydrogens is 330 g/mol. The number of carbonyl (C=O) groups is 1. The summed E-state index contributed by atoms with van der Waals surface area (Å²) >= 11 is 0. The molecule has 1 aliphatic heterocycles. The number of amides is 1. The van der Waals surface area contributed by atoms with Crippen LogP contribution in [0.2, 0.25) is 0 Å². The van der Waals surface area contributed by atoms with Crippen LogP contribution in [0, 0.1) is 0 Å². The molecule has 2 heterocycles. The van der Waals surface area contributed by atoms with Crippen molar-refractivity contribution in [2.75, 3.05) is 13.2 Å². The first-order valence-electron chi connectivity index (χ1n) is 8.96. The van der Waals surface area contributed by atoms with Crippen LogP contribution in [0.3, 0.4) is 0 Å². The molecule has 2 aliphatic rings. The fourth-order valence-corrected chi connectivity index (χ4v) is 3.36. The summed E-state index contributed by atoms with van der Waals surface area (Å²) < 4.78 is 17.0. The van der Waals surface area contributed by atoms with Gasteiger partial charge in [0, 0.05) is 18.0 Å². The molecule has 5 nitrogen and oxygen atoms in total. The van der Waals surface area contributed by atoms with Crippen LogP contribution in [0.4, 0.5) is 0 Å². The van der Waals surface area contributed by atoms with E-state index in [0.29, 0.717) is 25.5 Å². The third kappa shape index (κ3) is 2.79. The molecule has 5 rings (SSSR count). The van der Waals surface area contributed by atoms with Gasteiger partial charge in [0.2, 0.25) is 0 Å². The third-order valence-corrected chi connectivity index (χ3v) is 4.84. The van der Waals surface area contributed by atoms with Crippen LogP contribution in [-0.2, 0) is 6.54 Å². The van der Waals surface area contributed by atoms with Gasteiger partial charge in [-0.1, -0.05) is 24.3 Å². The van der Waals surface area contributed by atoms with E-state index in [1.165, 1.54) is 0 Å². The van der Waals surface area contributed by atoms with Gasteiger partial charge in [-0.3, -0.25) is 4.79 Å². The summed E-state index contributed by atoms with van der Waals surface area (Å²) in [6, 6.07) is 15.7. The van der Waals surface area contributed by atoms with Gasteiger partial charge in [-0.25, -0.2) is 0 Å². The highest BCUT2D eigenvalue weighted by molar-refractivity contribution is 5.96. The van der Waals surface area contributed by atoms with Gasteiger partial charge >= 0.3 is 0 Å². The number of benzene rings is 2. The molecule has 1 fully saturated rings. The van der Waals surface area contributed by atoms with E-state index in [4.69, 9.17) is 13.9 Å². The van der Waals surface area contributed by atoms with Crippen LogP contribution in [-0.4, -0.2) is 30.1 Å². The Labute approximate surface area is 151 Å². The van der Waals surface area contributed by atoms with Crippen molar-refractivity contribution in [3.63, 3.8) is 0 Å². The Kier molecular flexibility index (Phi) is 3.59. The normalized spacial score (nSPS) is 15.8. The van der Waals surface area contributed by atoms with Gasteiger partial charge in [-0.2, -0.15) is 0 Å². The van der Waals surface area contributed by atoms with E-state index in [1.807, 2.05) is 53.4 Å². The van der Waals surface area contributed by atoms with Crippen molar-refractivity contribution in [2.45, 2.75) is 25.4 Å². The zero-order valence-electron chi connectivity index (χ0n) is 14.3. The van der Waals surface area contributed by atoms with Crippen molar-refractivity contribution < 1.29 is 18.7 Å². The maximum absolute atomic E-state index is 13.1. The number of fused-ring (bicyclic) bond motifs is 2. The molecule has 2 aromatic carbocycles. The molecule has 0 bridgehead atoms. The molecule has 1 saturated carbocycles. The topological polar surface area (TPSA) is 51.9 Å². The molecule has 1 aromatic heterocycles. The molecule has 1 amide bonds. The standard InChI is InChI=1S/C21H19NO4/c23-21(20-12-15-3-1-2-4-17(15)26-20)22(16-6-7-16)13-14-5-8-18-19(11-14)25-10-9-24-18/h1-5,8,11-12,16H,6-7,9-10,13H2.